The number of anilines is 3. The van der Waals surface area contributed by atoms with Crippen LogP contribution in [0.15, 0.2) is 71.6 Å². The second kappa shape index (κ2) is 11.5. The molecule has 0 aromatic heterocycles. The van der Waals surface area contributed by atoms with Crippen molar-refractivity contribution < 1.29 is 21.6 Å². The number of nitrogens with one attached hydrogen (secondary N) is 2. The molecule has 0 radical (unpaired) electrons. The summed E-state index contributed by atoms with van der Waals surface area (Å²) < 4.78 is 53.5. The summed E-state index contributed by atoms with van der Waals surface area (Å²) in [6.07, 6.45) is 1.42. The van der Waals surface area contributed by atoms with Gasteiger partial charge in [0.15, 0.2) is 0 Å². The molecule has 0 atom stereocenters. The highest BCUT2D eigenvalue weighted by Gasteiger charge is 2.20. The number of sulfonamides is 2. The van der Waals surface area contributed by atoms with Crippen LogP contribution in [0.2, 0.25) is 10.0 Å². The van der Waals surface area contributed by atoms with Crippen LogP contribution in [0.1, 0.15) is 18.4 Å². The third-order valence-corrected chi connectivity index (χ3v) is 8.30. The Kier molecular flexibility index (Phi) is 8.89. The van der Waals surface area contributed by atoms with Gasteiger partial charge < -0.3 is 5.32 Å². The second-order valence-electron chi connectivity index (χ2n) is 8.03. The van der Waals surface area contributed by atoms with E-state index in [0.29, 0.717) is 16.4 Å². The fourth-order valence-corrected chi connectivity index (χ4v) is 5.89. The summed E-state index contributed by atoms with van der Waals surface area (Å²) in [6, 6.07) is 17.1. The third-order valence-electron chi connectivity index (χ3n) is 5.17. The Morgan fingerprint density at radius 1 is 0.944 bits per heavy atom. The summed E-state index contributed by atoms with van der Waals surface area (Å²) in [7, 11) is -7.46. The van der Waals surface area contributed by atoms with E-state index in [4.69, 9.17) is 23.2 Å². The maximum absolute atomic E-state index is 12.6. The minimum absolute atomic E-state index is 0.00102. The fraction of sp³-hybridized carbons (Fsp3) is 0.208. The van der Waals surface area contributed by atoms with Gasteiger partial charge in [0.25, 0.3) is 10.0 Å². The van der Waals surface area contributed by atoms with Crippen molar-refractivity contribution in [2.75, 3.05) is 27.1 Å². The molecule has 12 heteroatoms. The van der Waals surface area contributed by atoms with Crippen molar-refractivity contribution in [3.05, 3.63) is 82.3 Å². The molecule has 3 rings (SSSR count). The van der Waals surface area contributed by atoms with Crippen molar-refractivity contribution >= 4 is 66.2 Å². The summed E-state index contributed by atoms with van der Waals surface area (Å²) >= 11 is 12.1. The Labute approximate surface area is 221 Å². The Hall–Kier alpha value is -2.79. The second-order valence-corrected chi connectivity index (χ2v) is 12.5. The lowest BCUT2D eigenvalue weighted by molar-refractivity contribution is -0.116. The van der Waals surface area contributed by atoms with Crippen LogP contribution in [0, 0.1) is 6.92 Å². The van der Waals surface area contributed by atoms with Crippen molar-refractivity contribution in [3.63, 3.8) is 0 Å². The van der Waals surface area contributed by atoms with Crippen LogP contribution >= 0.6 is 23.2 Å². The zero-order chi connectivity index (χ0) is 26.5. The first-order valence-corrected chi connectivity index (χ1v) is 14.9. The van der Waals surface area contributed by atoms with E-state index in [2.05, 4.69) is 10.0 Å². The molecule has 3 aromatic carbocycles. The number of hydrogen-bond acceptors (Lipinski definition) is 5. The minimum Gasteiger partial charge on any atom is -0.326 e. The molecule has 8 nitrogen and oxygen atoms in total. The number of aryl methyl sites for hydroxylation is 1. The van der Waals surface area contributed by atoms with Crippen molar-refractivity contribution in [1.29, 1.82) is 0 Å². The Balaban J connectivity index is 1.60. The predicted molar refractivity (Wildman–Crippen MR) is 145 cm³/mol. The van der Waals surface area contributed by atoms with E-state index in [0.717, 1.165) is 11.8 Å². The Morgan fingerprint density at radius 3 is 2.25 bits per heavy atom. The molecule has 0 spiro atoms. The molecule has 0 saturated carbocycles. The van der Waals surface area contributed by atoms with Crippen LogP contribution in [0.3, 0.4) is 0 Å². The van der Waals surface area contributed by atoms with Crippen molar-refractivity contribution in [1.82, 2.24) is 0 Å². The van der Waals surface area contributed by atoms with Gasteiger partial charge in [-0.25, -0.2) is 16.8 Å². The van der Waals surface area contributed by atoms with E-state index in [9.17, 15) is 21.6 Å². The molecule has 0 fully saturated rings. The highest BCUT2D eigenvalue weighted by Crippen LogP contribution is 2.27. The molecule has 3 aromatic rings. The van der Waals surface area contributed by atoms with E-state index in [1.54, 1.807) is 49.4 Å². The summed E-state index contributed by atoms with van der Waals surface area (Å²) in [6.45, 7) is 1.88. The first-order chi connectivity index (χ1) is 16.9. The Morgan fingerprint density at radius 2 is 1.61 bits per heavy atom. The molecule has 0 aliphatic rings. The minimum atomic E-state index is -3.87. The first kappa shape index (κ1) is 27.8. The van der Waals surface area contributed by atoms with Gasteiger partial charge in [-0.05, 0) is 67.4 Å². The molecule has 0 saturated heterocycles. The molecular weight excluding hydrogens is 545 g/mol. The summed E-state index contributed by atoms with van der Waals surface area (Å²) in [4.78, 5) is 12.4. The molecule has 0 aliphatic heterocycles. The zero-order valence-corrected chi connectivity index (χ0v) is 22.7. The average molecular weight is 571 g/mol. The van der Waals surface area contributed by atoms with E-state index >= 15 is 0 Å². The average Bonchev–Trinajstić information content (AvgIpc) is 2.79. The van der Waals surface area contributed by atoms with E-state index in [-0.39, 0.29) is 40.9 Å². The van der Waals surface area contributed by atoms with Crippen LogP contribution < -0.4 is 14.3 Å². The van der Waals surface area contributed by atoms with Gasteiger partial charge in [-0.15, -0.1) is 0 Å². The zero-order valence-electron chi connectivity index (χ0n) is 19.5. The quantitative estimate of drug-likeness (QED) is 0.344. The maximum atomic E-state index is 12.6. The summed E-state index contributed by atoms with van der Waals surface area (Å²) in [5, 5.41) is 3.37. The SMILES string of the molecule is Cc1ccc(Cl)cc1N(CCCC(=O)Nc1ccc(S(=O)(=O)Nc2ccccc2Cl)cc1)S(C)(=O)=O. The number of halogens is 2. The third kappa shape index (κ3) is 7.36. The van der Waals surface area contributed by atoms with Gasteiger partial charge in [0, 0.05) is 23.7 Å². The highest BCUT2D eigenvalue weighted by atomic mass is 35.5. The molecule has 0 unspecified atom stereocenters. The first-order valence-electron chi connectivity index (χ1n) is 10.8. The lowest BCUT2D eigenvalue weighted by atomic mass is 10.2. The fourth-order valence-electron chi connectivity index (χ4n) is 3.39. The Bertz CT molecular complexity index is 1460. The van der Waals surface area contributed by atoms with Crippen molar-refractivity contribution in [3.8, 4) is 0 Å². The number of rotatable bonds is 10. The van der Waals surface area contributed by atoms with Crippen molar-refractivity contribution in [2.45, 2.75) is 24.7 Å². The molecule has 0 aliphatic carbocycles. The van der Waals surface area contributed by atoms with Gasteiger partial charge >= 0.3 is 0 Å². The molecule has 1 amide bonds. The molecular formula is C24H25Cl2N3O5S2. The molecule has 192 valence electrons. The highest BCUT2D eigenvalue weighted by molar-refractivity contribution is 7.92. The number of hydrogen-bond donors (Lipinski definition) is 2. The van der Waals surface area contributed by atoms with Gasteiger partial charge in [-0.2, -0.15) is 0 Å². The van der Waals surface area contributed by atoms with Crippen LogP contribution in [0.4, 0.5) is 17.1 Å². The van der Waals surface area contributed by atoms with Gasteiger partial charge in [-0.1, -0.05) is 41.4 Å². The lowest BCUT2D eigenvalue weighted by Gasteiger charge is -2.24. The van der Waals surface area contributed by atoms with Crippen LogP contribution in [-0.2, 0) is 24.8 Å². The number of nitrogens with zero attached hydrogens (tertiary/aromatic N) is 1. The van der Waals surface area contributed by atoms with Crippen LogP contribution in [0.25, 0.3) is 0 Å². The van der Waals surface area contributed by atoms with Gasteiger partial charge in [0.1, 0.15) is 0 Å². The topological polar surface area (TPSA) is 113 Å². The summed E-state index contributed by atoms with van der Waals surface area (Å²) in [5.74, 6) is -0.337. The summed E-state index contributed by atoms with van der Waals surface area (Å²) in [5.41, 5.74) is 1.87. The largest absolute Gasteiger partial charge is 0.326 e. The molecule has 0 bridgehead atoms. The number of benzene rings is 3. The monoisotopic (exact) mass is 569 g/mol. The lowest BCUT2D eigenvalue weighted by Crippen LogP contribution is -2.32. The van der Waals surface area contributed by atoms with Crippen LogP contribution in [0.5, 0.6) is 0 Å². The van der Waals surface area contributed by atoms with E-state index in [1.165, 1.54) is 28.6 Å². The molecule has 36 heavy (non-hydrogen) atoms. The van der Waals surface area contributed by atoms with E-state index < -0.39 is 20.0 Å². The van der Waals surface area contributed by atoms with Gasteiger partial charge in [-0.3, -0.25) is 13.8 Å². The van der Waals surface area contributed by atoms with Crippen LogP contribution in [-0.4, -0.2) is 35.5 Å². The predicted octanol–water partition coefficient (Wildman–Crippen LogP) is 5.29. The molecule has 2 N–H and O–H groups in total. The van der Waals surface area contributed by atoms with E-state index in [1.807, 2.05) is 0 Å². The number of para-hydroxylation sites is 1. The van der Waals surface area contributed by atoms with Gasteiger partial charge in [0.05, 0.1) is 27.5 Å². The number of carbonyl (C=O) groups is 1. The number of carbonyl (C=O) groups excluding carboxylic acids is 1. The maximum Gasteiger partial charge on any atom is 0.261 e. The normalized spacial score (nSPS) is 11.7. The number of amides is 1. The van der Waals surface area contributed by atoms with Gasteiger partial charge in [0.2, 0.25) is 15.9 Å². The smallest absolute Gasteiger partial charge is 0.261 e. The van der Waals surface area contributed by atoms with Crippen molar-refractivity contribution in [2.24, 2.45) is 0 Å². The molecule has 0 heterocycles. The standard InChI is InChI=1S/C24H25Cl2N3O5S2/c1-17-9-10-18(25)16-23(17)29(35(2,31)32)15-5-8-24(30)27-19-11-13-20(14-12-19)36(33,34)28-22-7-4-3-6-21(22)26/h3-4,6-7,9-14,16,28H,5,8,15H2,1-2H3,(H,27,30).